The highest BCUT2D eigenvalue weighted by atomic mass is 35.5. The van der Waals surface area contributed by atoms with Crippen molar-refractivity contribution in [1.29, 1.82) is 0 Å². The van der Waals surface area contributed by atoms with E-state index in [2.05, 4.69) is 20.4 Å². The van der Waals surface area contributed by atoms with Crippen LogP contribution in [0.1, 0.15) is 43.2 Å². The van der Waals surface area contributed by atoms with Crippen LogP contribution in [0, 0.1) is 13.8 Å². The standard InChI is InChI=1S/C23H22ClN7O2/c1-12-5-20(25)29-13(2)17(12)9-28-23(33)18-11-31(30-21(18)22(26)32)10-14-3-4-19-15(6-14)7-16(24)8-27-19/h3-8,11H,9-10H2,1-2H3,(H2,25,29)(H2,26,32)(H,28,33). The van der Waals surface area contributed by atoms with Gasteiger partial charge in [-0.05, 0) is 54.8 Å². The number of amides is 2. The minimum absolute atomic E-state index is 0.0955. The van der Waals surface area contributed by atoms with Gasteiger partial charge in [-0.1, -0.05) is 17.7 Å². The Kier molecular flexibility index (Phi) is 5.97. The second-order valence-corrected chi connectivity index (χ2v) is 8.18. The van der Waals surface area contributed by atoms with Crippen molar-refractivity contribution in [2.75, 3.05) is 5.73 Å². The zero-order chi connectivity index (χ0) is 23.7. The summed E-state index contributed by atoms with van der Waals surface area (Å²) in [4.78, 5) is 33.3. The van der Waals surface area contributed by atoms with Crippen LogP contribution in [0.3, 0.4) is 0 Å². The van der Waals surface area contributed by atoms with Gasteiger partial charge in [-0.2, -0.15) is 5.10 Å². The number of nitrogen functional groups attached to an aromatic ring is 1. The molecule has 0 aliphatic heterocycles. The number of nitrogens with one attached hydrogen (secondary N) is 1. The van der Waals surface area contributed by atoms with E-state index in [0.717, 1.165) is 33.3 Å². The molecule has 0 saturated heterocycles. The number of pyridine rings is 2. The van der Waals surface area contributed by atoms with Crippen LogP contribution in [-0.2, 0) is 13.1 Å². The first-order chi connectivity index (χ1) is 15.7. The molecule has 3 heterocycles. The van der Waals surface area contributed by atoms with Crippen LogP contribution < -0.4 is 16.8 Å². The number of fused-ring (bicyclic) bond motifs is 1. The van der Waals surface area contributed by atoms with Gasteiger partial charge in [-0.25, -0.2) is 4.98 Å². The van der Waals surface area contributed by atoms with Crippen molar-refractivity contribution < 1.29 is 9.59 Å². The normalized spacial score (nSPS) is 11.0. The summed E-state index contributed by atoms with van der Waals surface area (Å²) >= 11 is 6.04. The summed E-state index contributed by atoms with van der Waals surface area (Å²) in [7, 11) is 0. The van der Waals surface area contributed by atoms with E-state index in [4.69, 9.17) is 23.1 Å². The quantitative estimate of drug-likeness (QED) is 0.401. The minimum Gasteiger partial charge on any atom is -0.384 e. The van der Waals surface area contributed by atoms with Gasteiger partial charge < -0.3 is 16.8 Å². The van der Waals surface area contributed by atoms with Crippen molar-refractivity contribution in [3.05, 3.63) is 81.4 Å². The van der Waals surface area contributed by atoms with Gasteiger partial charge in [0.15, 0.2) is 5.69 Å². The Morgan fingerprint density at radius 1 is 1.18 bits per heavy atom. The predicted molar refractivity (Wildman–Crippen MR) is 126 cm³/mol. The molecule has 10 heteroatoms. The Morgan fingerprint density at radius 3 is 2.70 bits per heavy atom. The maximum Gasteiger partial charge on any atom is 0.270 e. The second-order valence-electron chi connectivity index (χ2n) is 7.74. The molecule has 0 unspecified atom stereocenters. The topological polar surface area (TPSA) is 142 Å². The molecule has 0 saturated carbocycles. The van der Waals surface area contributed by atoms with Gasteiger partial charge in [0.2, 0.25) is 0 Å². The summed E-state index contributed by atoms with van der Waals surface area (Å²) in [5.41, 5.74) is 15.5. The number of benzene rings is 1. The molecule has 2 amide bonds. The lowest BCUT2D eigenvalue weighted by atomic mass is 10.1. The smallest absolute Gasteiger partial charge is 0.270 e. The molecule has 4 rings (SSSR count). The number of nitrogens with zero attached hydrogens (tertiary/aromatic N) is 4. The number of rotatable bonds is 6. The second kappa shape index (κ2) is 8.87. The Hall–Kier alpha value is -3.98. The summed E-state index contributed by atoms with van der Waals surface area (Å²) < 4.78 is 1.51. The number of halogens is 1. The number of anilines is 1. The fourth-order valence-corrected chi connectivity index (χ4v) is 3.88. The van der Waals surface area contributed by atoms with Crippen molar-refractivity contribution in [3.63, 3.8) is 0 Å². The van der Waals surface area contributed by atoms with E-state index in [1.54, 1.807) is 12.3 Å². The molecule has 0 spiro atoms. The van der Waals surface area contributed by atoms with Crippen LogP contribution in [0.5, 0.6) is 0 Å². The predicted octanol–water partition coefficient (Wildman–Crippen LogP) is 2.76. The molecule has 0 radical (unpaired) electrons. The number of primary amides is 1. The number of carbonyl (C=O) groups is 2. The number of hydrogen-bond acceptors (Lipinski definition) is 6. The first kappa shape index (κ1) is 22.2. The van der Waals surface area contributed by atoms with Gasteiger partial charge in [0.25, 0.3) is 11.8 Å². The van der Waals surface area contributed by atoms with Crippen LogP contribution in [0.4, 0.5) is 5.82 Å². The van der Waals surface area contributed by atoms with Crippen LogP contribution in [0.15, 0.2) is 42.7 Å². The molecule has 1 aromatic carbocycles. The summed E-state index contributed by atoms with van der Waals surface area (Å²) in [5.74, 6) is -0.820. The minimum atomic E-state index is -0.782. The largest absolute Gasteiger partial charge is 0.384 e. The number of hydrogen-bond donors (Lipinski definition) is 3. The average molecular weight is 464 g/mol. The van der Waals surface area contributed by atoms with E-state index in [1.807, 2.05) is 38.1 Å². The number of nitrogens with two attached hydrogens (primary N) is 2. The molecule has 5 N–H and O–H groups in total. The van der Waals surface area contributed by atoms with E-state index in [1.165, 1.54) is 10.9 Å². The fraction of sp³-hybridized carbons (Fsp3) is 0.174. The Labute approximate surface area is 194 Å². The third kappa shape index (κ3) is 4.78. The SMILES string of the molecule is Cc1cc(N)nc(C)c1CNC(=O)c1cn(Cc2ccc3ncc(Cl)cc3c2)nc1C(N)=O. The maximum absolute atomic E-state index is 12.9. The number of aromatic nitrogens is 4. The summed E-state index contributed by atoms with van der Waals surface area (Å²) in [6.07, 6.45) is 3.10. The van der Waals surface area contributed by atoms with Crippen LogP contribution >= 0.6 is 11.6 Å². The van der Waals surface area contributed by atoms with Crippen molar-refractivity contribution >= 4 is 40.1 Å². The average Bonchev–Trinajstić information content (AvgIpc) is 3.17. The van der Waals surface area contributed by atoms with Crippen LogP contribution in [-0.4, -0.2) is 31.6 Å². The van der Waals surface area contributed by atoms with Gasteiger partial charge in [-0.15, -0.1) is 0 Å². The third-order valence-corrected chi connectivity index (χ3v) is 5.50. The highest BCUT2D eigenvalue weighted by Gasteiger charge is 2.21. The highest BCUT2D eigenvalue weighted by molar-refractivity contribution is 6.31. The van der Waals surface area contributed by atoms with Crippen LogP contribution in [0.25, 0.3) is 10.9 Å². The molecule has 0 atom stereocenters. The molecule has 0 fully saturated rings. The molecule has 0 aliphatic carbocycles. The van der Waals surface area contributed by atoms with Crippen molar-refractivity contribution in [3.8, 4) is 0 Å². The van der Waals surface area contributed by atoms with E-state index >= 15 is 0 Å². The Morgan fingerprint density at radius 2 is 1.97 bits per heavy atom. The third-order valence-electron chi connectivity index (χ3n) is 5.30. The molecule has 0 bridgehead atoms. The van der Waals surface area contributed by atoms with E-state index in [9.17, 15) is 9.59 Å². The van der Waals surface area contributed by atoms with Crippen molar-refractivity contribution in [2.24, 2.45) is 5.73 Å². The zero-order valence-electron chi connectivity index (χ0n) is 18.1. The lowest BCUT2D eigenvalue weighted by Crippen LogP contribution is -2.26. The monoisotopic (exact) mass is 463 g/mol. The first-order valence-corrected chi connectivity index (χ1v) is 10.5. The zero-order valence-corrected chi connectivity index (χ0v) is 18.8. The van der Waals surface area contributed by atoms with Crippen molar-refractivity contribution in [1.82, 2.24) is 25.1 Å². The highest BCUT2D eigenvalue weighted by Crippen LogP contribution is 2.19. The lowest BCUT2D eigenvalue weighted by Gasteiger charge is -2.11. The molecule has 3 aromatic heterocycles. The molecule has 33 heavy (non-hydrogen) atoms. The number of carbonyl (C=O) groups excluding carboxylic acids is 2. The summed E-state index contributed by atoms with van der Waals surface area (Å²) in [5, 5.41) is 8.47. The van der Waals surface area contributed by atoms with E-state index in [-0.39, 0.29) is 17.8 Å². The summed E-state index contributed by atoms with van der Waals surface area (Å²) in [6, 6.07) is 9.26. The Balaban J connectivity index is 1.56. The summed E-state index contributed by atoms with van der Waals surface area (Å²) in [6.45, 7) is 4.28. The Bertz CT molecular complexity index is 1370. The van der Waals surface area contributed by atoms with Gasteiger partial charge in [-0.3, -0.25) is 19.3 Å². The molecule has 0 aliphatic rings. The molecular formula is C23H22ClN7O2. The molecule has 4 aromatic rings. The fourth-order valence-electron chi connectivity index (χ4n) is 3.71. The van der Waals surface area contributed by atoms with Gasteiger partial charge in [0, 0.05) is 30.0 Å². The van der Waals surface area contributed by atoms with Gasteiger partial charge in [0.1, 0.15) is 5.82 Å². The van der Waals surface area contributed by atoms with Gasteiger partial charge >= 0.3 is 0 Å². The van der Waals surface area contributed by atoms with E-state index in [0.29, 0.717) is 17.4 Å². The maximum atomic E-state index is 12.9. The molecule has 168 valence electrons. The van der Waals surface area contributed by atoms with Crippen molar-refractivity contribution in [2.45, 2.75) is 26.9 Å². The number of aryl methyl sites for hydroxylation is 2. The van der Waals surface area contributed by atoms with Crippen LogP contribution in [0.2, 0.25) is 5.02 Å². The first-order valence-electron chi connectivity index (χ1n) is 10.1. The lowest BCUT2D eigenvalue weighted by molar-refractivity contribution is 0.0933. The molecular weight excluding hydrogens is 442 g/mol. The van der Waals surface area contributed by atoms with E-state index < -0.39 is 11.8 Å². The van der Waals surface area contributed by atoms with Gasteiger partial charge in [0.05, 0.1) is 22.6 Å². The molecule has 9 nitrogen and oxygen atoms in total.